The number of hydrogen-bond acceptors (Lipinski definition) is 5. The Bertz CT molecular complexity index is 1460. The minimum absolute atomic E-state index is 0.0153. The molecular weight excluding hydrogens is 542 g/mol. The highest BCUT2D eigenvalue weighted by Gasteiger charge is 2.46. The SMILES string of the molecule is Cc1ccc(C[C@@H]2C[C@@H](C(=O)NCc3ccc4c(ccn4C)c3)N(C(=O)[C@@H]3NCCC[C@@H]3C(=O)N3CCOCC3)C2)cc1. The molecule has 9 nitrogen and oxygen atoms in total. The van der Waals surface area contributed by atoms with Crippen molar-refractivity contribution in [2.24, 2.45) is 18.9 Å². The summed E-state index contributed by atoms with van der Waals surface area (Å²) in [5.74, 6) is -0.540. The summed E-state index contributed by atoms with van der Waals surface area (Å²) in [4.78, 5) is 45.2. The topological polar surface area (TPSA) is 95.9 Å². The quantitative estimate of drug-likeness (QED) is 0.445. The molecule has 3 fully saturated rings. The van der Waals surface area contributed by atoms with Gasteiger partial charge in [0, 0.05) is 44.9 Å². The average Bonchev–Trinajstić information content (AvgIpc) is 3.63. The van der Waals surface area contributed by atoms with Crippen LogP contribution in [0, 0.1) is 18.8 Å². The molecule has 4 heterocycles. The molecule has 3 aromatic rings. The van der Waals surface area contributed by atoms with Gasteiger partial charge in [0.1, 0.15) is 6.04 Å². The third kappa shape index (κ3) is 6.48. The molecule has 43 heavy (non-hydrogen) atoms. The first kappa shape index (κ1) is 29.4. The van der Waals surface area contributed by atoms with Gasteiger partial charge in [-0.3, -0.25) is 14.4 Å². The van der Waals surface area contributed by atoms with E-state index < -0.39 is 18.0 Å². The first-order chi connectivity index (χ1) is 20.9. The largest absolute Gasteiger partial charge is 0.378 e. The zero-order valence-corrected chi connectivity index (χ0v) is 25.3. The highest BCUT2D eigenvalue weighted by molar-refractivity contribution is 5.94. The van der Waals surface area contributed by atoms with Crippen molar-refractivity contribution in [3.8, 4) is 0 Å². The second-order valence-electron chi connectivity index (χ2n) is 12.5. The second-order valence-corrected chi connectivity index (χ2v) is 12.5. The maximum Gasteiger partial charge on any atom is 0.243 e. The molecule has 4 atom stereocenters. The van der Waals surface area contributed by atoms with Crippen LogP contribution in [-0.4, -0.2) is 83.6 Å². The number of carbonyl (C=O) groups excluding carboxylic acids is 3. The number of rotatable bonds is 7. The monoisotopic (exact) mass is 585 g/mol. The van der Waals surface area contributed by atoms with Gasteiger partial charge in [-0.05, 0) is 79.8 Å². The van der Waals surface area contributed by atoms with Crippen molar-refractivity contribution in [1.29, 1.82) is 0 Å². The molecule has 0 unspecified atom stereocenters. The van der Waals surface area contributed by atoms with Crippen LogP contribution in [0.5, 0.6) is 0 Å². The number of nitrogens with zero attached hydrogens (tertiary/aromatic N) is 3. The summed E-state index contributed by atoms with van der Waals surface area (Å²) in [6.45, 7) is 5.80. The lowest BCUT2D eigenvalue weighted by Crippen LogP contribution is -2.59. The molecule has 228 valence electrons. The molecule has 0 aliphatic carbocycles. The van der Waals surface area contributed by atoms with Gasteiger partial charge in [-0.15, -0.1) is 0 Å². The fourth-order valence-electron chi connectivity index (χ4n) is 6.98. The lowest BCUT2D eigenvalue weighted by molar-refractivity contribution is -0.149. The first-order valence-electron chi connectivity index (χ1n) is 15.6. The minimum Gasteiger partial charge on any atom is -0.378 e. The van der Waals surface area contributed by atoms with Crippen molar-refractivity contribution in [2.75, 3.05) is 39.4 Å². The molecule has 0 radical (unpaired) electrons. The second kappa shape index (κ2) is 12.9. The molecule has 6 rings (SSSR count). The first-order valence-corrected chi connectivity index (χ1v) is 15.6. The van der Waals surface area contributed by atoms with Crippen LogP contribution in [0.2, 0.25) is 0 Å². The Morgan fingerprint density at radius 1 is 1.00 bits per heavy atom. The van der Waals surface area contributed by atoms with Crippen LogP contribution in [-0.2, 0) is 39.1 Å². The van der Waals surface area contributed by atoms with Gasteiger partial charge < -0.3 is 29.7 Å². The van der Waals surface area contributed by atoms with E-state index in [0.29, 0.717) is 58.8 Å². The summed E-state index contributed by atoms with van der Waals surface area (Å²) >= 11 is 0. The Morgan fingerprint density at radius 3 is 2.56 bits per heavy atom. The van der Waals surface area contributed by atoms with E-state index in [-0.39, 0.29) is 23.6 Å². The van der Waals surface area contributed by atoms with E-state index in [2.05, 4.69) is 64.6 Å². The number of morpholine rings is 1. The Morgan fingerprint density at radius 2 is 1.77 bits per heavy atom. The fourth-order valence-corrected chi connectivity index (χ4v) is 6.98. The van der Waals surface area contributed by atoms with Crippen molar-refractivity contribution in [3.05, 3.63) is 71.4 Å². The predicted octanol–water partition coefficient (Wildman–Crippen LogP) is 2.79. The zero-order chi connectivity index (χ0) is 29.9. The van der Waals surface area contributed by atoms with Gasteiger partial charge in [0.2, 0.25) is 17.7 Å². The summed E-state index contributed by atoms with van der Waals surface area (Å²) in [5.41, 5.74) is 4.57. The summed E-state index contributed by atoms with van der Waals surface area (Å²) in [5, 5.41) is 7.63. The molecule has 3 aliphatic rings. The van der Waals surface area contributed by atoms with E-state index in [4.69, 9.17) is 4.74 Å². The molecule has 3 aliphatic heterocycles. The van der Waals surface area contributed by atoms with E-state index in [1.165, 1.54) is 11.1 Å². The molecule has 2 N–H and O–H groups in total. The van der Waals surface area contributed by atoms with E-state index >= 15 is 0 Å². The maximum atomic E-state index is 14.3. The third-order valence-electron chi connectivity index (χ3n) is 9.40. The molecule has 0 saturated carbocycles. The number of benzene rings is 2. The van der Waals surface area contributed by atoms with Crippen LogP contribution in [0.25, 0.3) is 10.9 Å². The van der Waals surface area contributed by atoms with Gasteiger partial charge >= 0.3 is 0 Å². The van der Waals surface area contributed by atoms with Gasteiger partial charge in [0.15, 0.2) is 0 Å². The molecule has 9 heteroatoms. The van der Waals surface area contributed by atoms with Gasteiger partial charge in [0.05, 0.1) is 25.2 Å². The smallest absolute Gasteiger partial charge is 0.243 e. The normalized spacial score (nSPS) is 24.3. The molecule has 1 aromatic heterocycles. The van der Waals surface area contributed by atoms with Crippen LogP contribution in [0.15, 0.2) is 54.7 Å². The Hall–Kier alpha value is -3.69. The number of hydrogen-bond donors (Lipinski definition) is 2. The molecule has 3 saturated heterocycles. The number of aryl methyl sites for hydroxylation is 2. The molecule has 3 amide bonds. The summed E-state index contributed by atoms with van der Waals surface area (Å²) in [7, 11) is 2.02. The van der Waals surface area contributed by atoms with Gasteiger partial charge in [-0.1, -0.05) is 35.9 Å². The van der Waals surface area contributed by atoms with Gasteiger partial charge in [0.25, 0.3) is 0 Å². The average molecular weight is 586 g/mol. The number of piperidine rings is 1. The van der Waals surface area contributed by atoms with Crippen LogP contribution in [0.4, 0.5) is 0 Å². The minimum atomic E-state index is -0.627. The number of amides is 3. The summed E-state index contributed by atoms with van der Waals surface area (Å²) in [6.07, 6.45) is 4.93. The number of aromatic nitrogens is 1. The Kier molecular flexibility index (Phi) is 8.81. The predicted molar refractivity (Wildman–Crippen MR) is 165 cm³/mol. The van der Waals surface area contributed by atoms with Crippen molar-refractivity contribution in [2.45, 2.75) is 51.2 Å². The van der Waals surface area contributed by atoms with Gasteiger partial charge in [-0.2, -0.15) is 0 Å². The van der Waals surface area contributed by atoms with Crippen molar-refractivity contribution < 1.29 is 19.1 Å². The standard InChI is InChI=1S/C34H43N5O4/c1-23-5-7-24(8-6-23)18-26-20-30(32(40)36-21-25-9-10-29-27(19-25)11-13-37(29)2)39(22-26)34(42)31-28(4-3-12-35-31)33(41)38-14-16-43-17-15-38/h5-11,13,19,26,28,30-31,35H,3-4,12,14-18,20-22H2,1-2H3,(H,36,40)/t26-,28+,30+,31-/m1/s1. The number of nitrogens with one attached hydrogen (secondary N) is 2. The van der Waals surface area contributed by atoms with Crippen molar-refractivity contribution >= 4 is 28.6 Å². The van der Waals surface area contributed by atoms with Crippen LogP contribution in [0.1, 0.15) is 36.0 Å². The highest BCUT2D eigenvalue weighted by Crippen LogP contribution is 2.30. The van der Waals surface area contributed by atoms with E-state index in [1.807, 2.05) is 24.2 Å². The summed E-state index contributed by atoms with van der Waals surface area (Å²) in [6, 6.07) is 15.5. The van der Waals surface area contributed by atoms with E-state index in [0.717, 1.165) is 29.3 Å². The molecular formula is C34H43N5O4. The van der Waals surface area contributed by atoms with Gasteiger partial charge in [-0.25, -0.2) is 0 Å². The number of fused-ring (bicyclic) bond motifs is 1. The third-order valence-corrected chi connectivity index (χ3v) is 9.40. The Labute approximate surface area is 253 Å². The molecule has 2 aromatic carbocycles. The lowest BCUT2D eigenvalue weighted by Gasteiger charge is -2.38. The maximum absolute atomic E-state index is 14.3. The van der Waals surface area contributed by atoms with Crippen molar-refractivity contribution in [1.82, 2.24) is 25.0 Å². The number of carbonyl (C=O) groups is 3. The fraction of sp³-hybridized carbons (Fsp3) is 0.500. The number of likely N-dealkylation sites (tertiary alicyclic amines) is 1. The molecule has 0 bridgehead atoms. The van der Waals surface area contributed by atoms with E-state index in [1.54, 1.807) is 4.90 Å². The summed E-state index contributed by atoms with van der Waals surface area (Å²) < 4.78 is 7.52. The lowest BCUT2D eigenvalue weighted by atomic mass is 9.88. The Balaban J connectivity index is 1.19. The van der Waals surface area contributed by atoms with Crippen molar-refractivity contribution in [3.63, 3.8) is 0 Å². The van der Waals surface area contributed by atoms with Crippen LogP contribution < -0.4 is 10.6 Å². The zero-order valence-electron chi connectivity index (χ0n) is 25.3. The molecule has 0 spiro atoms. The van der Waals surface area contributed by atoms with Crippen LogP contribution in [0.3, 0.4) is 0 Å². The van der Waals surface area contributed by atoms with Crippen LogP contribution >= 0.6 is 0 Å². The highest BCUT2D eigenvalue weighted by atomic mass is 16.5. The van der Waals surface area contributed by atoms with E-state index in [9.17, 15) is 14.4 Å². The number of ether oxygens (including phenoxy) is 1.